The molecule has 4 aliphatic rings. The summed E-state index contributed by atoms with van der Waals surface area (Å²) in [4.78, 5) is 24.6. The number of carbonyl (C=O) groups is 2. The van der Waals surface area contributed by atoms with Crippen molar-refractivity contribution in [3.8, 4) is 0 Å². The summed E-state index contributed by atoms with van der Waals surface area (Å²) in [5, 5.41) is 5.88. The molecule has 140 valence electrons. The van der Waals surface area contributed by atoms with Gasteiger partial charge in [-0.15, -0.1) is 0 Å². The van der Waals surface area contributed by atoms with Crippen molar-refractivity contribution in [2.75, 3.05) is 13.1 Å². The number of rotatable bonds is 6. The van der Waals surface area contributed by atoms with Crippen LogP contribution in [0.15, 0.2) is 28.7 Å². The molecule has 5 heteroatoms. The molecule has 0 spiro atoms. The van der Waals surface area contributed by atoms with E-state index in [-0.39, 0.29) is 17.2 Å². The molecule has 2 amide bonds. The Labute approximate surface area is 163 Å². The first kappa shape index (κ1) is 18.0. The monoisotopic (exact) mass is 418 g/mol. The van der Waals surface area contributed by atoms with Gasteiger partial charge < -0.3 is 10.6 Å². The fourth-order valence-electron chi connectivity index (χ4n) is 6.02. The lowest BCUT2D eigenvalue weighted by molar-refractivity contribution is -0.129. The number of benzene rings is 1. The van der Waals surface area contributed by atoms with Gasteiger partial charge in [-0.1, -0.05) is 22.0 Å². The summed E-state index contributed by atoms with van der Waals surface area (Å²) in [5.41, 5.74) is 0.901. The fraction of sp³-hybridized carbons (Fsp3) is 0.619. The van der Waals surface area contributed by atoms with Crippen LogP contribution in [0.5, 0.6) is 0 Å². The van der Waals surface area contributed by atoms with Gasteiger partial charge in [0.2, 0.25) is 5.91 Å². The van der Waals surface area contributed by atoms with E-state index in [9.17, 15) is 9.59 Å². The summed E-state index contributed by atoms with van der Waals surface area (Å²) in [5.74, 6) is 2.67. The maximum absolute atomic E-state index is 12.5. The van der Waals surface area contributed by atoms with E-state index in [1.807, 2.05) is 12.1 Å². The quantitative estimate of drug-likeness (QED) is 0.688. The second-order valence-corrected chi connectivity index (χ2v) is 9.63. The third kappa shape index (κ3) is 3.98. The summed E-state index contributed by atoms with van der Waals surface area (Å²) in [6.45, 7) is 0.947. The van der Waals surface area contributed by atoms with Crippen LogP contribution in [0.3, 0.4) is 0 Å². The van der Waals surface area contributed by atoms with E-state index in [4.69, 9.17) is 0 Å². The smallest absolute Gasteiger partial charge is 0.251 e. The summed E-state index contributed by atoms with van der Waals surface area (Å²) in [7, 11) is 0. The van der Waals surface area contributed by atoms with Gasteiger partial charge in [0.05, 0.1) is 0 Å². The molecule has 26 heavy (non-hydrogen) atoms. The SMILES string of the molecule is O=C(CC12CC3CC(CC(C3)C1)C2)NCCNC(=O)c1cccc(Br)c1. The molecule has 0 heterocycles. The first-order valence-corrected chi connectivity index (χ1v) is 10.6. The Morgan fingerprint density at radius 1 is 1.00 bits per heavy atom. The number of amides is 2. The van der Waals surface area contributed by atoms with Crippen molar-refractivity contribution < 1.29 is 9.59 Å². The standard InChI is InChI=1S/C21H27BrN2O2/c22-18-3-1-2-17(9-18)20(26)24-5-4-23-19(25)13-21-10-14-6-15(11-21)8-16(7-14)12-21/h1-3,9,14-16H,4-8,10-13H2,(H,23,25)(H,24,26). The lowest BCUT2D eigenvalue weighted by atomic mass is 9.49. The van der Waals surface area contributed by atoms with Crippen LogP contribution >= 0.6 is 15.9 Å². The van der Waals surface area contributed by atoms with Crippen LogP contribution in [0.25, 0.3) is 0 Å². The average Bonchev–Trinajstić information content (AvgIpc) is 2.57. The van der Waals surface area contributed by atoms with Gasteiger partial charge in [0.15, 0.2) is 0 Å². The molecule has 0 unspecified atom stereocenters. The maximum atomic E-state index is 12.5. The van der Waals surface area contributed by atoms with Crippen LogP contribution in [-0.4, -0.2) is 24.9 Å². The lowest BCUT2D eigenvalue weighted by Crippen LogP contribution is -2.48. The molecular weight excluding hydrogens is 392 g/mol. The third-order valence-electron chi connectivity index (χ3n) is 6.52. The summed E-state index contributed by atoms with van der Waals surface area (Å²) < 4.78 is 0.883. The number of hydrogen-bond acceptors (Lipinski definition) is 2. The van der Waals surface area contributed by atoms with Crippen LogP contribution in [0.1, 0.15) is 55.3 Å². The van der Waals surface area contributed by atoms with Gasteiger partial charge in [-0.3, -0.25) is 9.59 Å². The molecular formula is C21H27BrN2O2. The minimum Gasteiger partial charge on any atom is -0.354 e. The van der Waals surface area contributed by atoms with Crippen LogP contribution in [0, 0.1) is 23.2 Å². The van der Waals surface area contributed by atoms with E-state index in [0.29, 0.717) is 25.1 Å². The highest BCUT2D eigenvalue weighted by Gasteiger charge is 2.51. The summed E-state index contributed by atoms with van der Waals surface area (Å²) >= 11 is 3.37. The van der Waals surface area contributed by atoms with Crippen molar-refractivity contribution in [3.63, 3.8) is 0 Å². The van der Waals surface area contributed by atoms with Gasteiger partial charge in [-0.05, 0) is 79.9 Å². The van der Waals surface area contributed by atoms with Crippen LogP contribution < -0.4 is 10.6 Å². The van der Waals surface area contributed by atoms with Gasteiger partial charge >= 0.3 is 0 Å². The molecule has 0 saturated heterocycles. The first-order chi connectivity index (χ1) is 12.5. The molecule has 1 aromatic carbocycles. The van der Waals surface area contributed by atoms with Crippen LogP contribution in [0.2, 0.25) is 0 Å². The number of hydrogen-bond donors (Lipinski definition) is 2. The summed E-state index contributed by atoms with van der Waals surface area (Å²) in [6.07, 6.45) is 8.66. The van der Waals surface area contributed by atoms with Crippen molar-refractivity contribution in [2.45, 2.75) is 44.9 Å². The molecule has 0 atom stereocenters. The zero-order chi connectivity index (χ0) is 18.1. The molecule has 0 radical (unpaired) electrons. The van der Waals surface area contributed by atoms with E-state index >= 15 is 0 Å². The van der Waals surface area contributed by atoms with Gasteiger partial charge in [0.25, 0.3) is 5.91 Å². The van der Waals surface area contributed by atoms with E-state index in [1.54, 1.807) is 12.1 Å². The normalized spacial score (nSPS) is 31.7. The molecule has 5 rings (SSSR count). The van der Waals surface area contributed by atoms with E-state index in [2.05, 4.69) is 26.6 Å². The van der Waals surface area contributed by atoms with Gasteiger partial charge in [-0.25, -0.2) is 0 Å². The van der Waals surface area contributed by atoms with Gasteiger partial charge in [-0.2, -0.15) is 0 Å². The lowest BCUT2D eigenvalue weighted by Gasteiger charge is -2.56. The highest BCUT2D eigenvalue weighted by molar-refractivity contribution is 9.10. The first-order valence-electron chi connectivity index (χ1n) is 9.82. The third-order valence-corrected chi connectivity index (χ3v) is 7.01. The Morgan fingerprint density at radius 2 is 1.62 bits per heavy atom. The summed E-state index contributed by atoms with van der Waals surface area (Å²) in [6, 6.07) is 7.31. The van der Waals surface area contributed by atoms with Crippen molar-refractivity contribution in [2.24, 2.45) is 23.2 Å². The molecule has 0 aromatic heterocycles. The highest BCUT2D eigenvalue weighted by Crippen LogP contribution is 2.61. The Balaban J connectivity index is 1.21. The minimum atomic E-state index is -0.110. The van der Waals surface area contributed by atoms with Crippen molar-refractivity contribution >= 4 is 27.7 Å². The second kappa shape index (κ2) is 7.34. The highest BCUT2D eigenvalue weighted by atomic mass is 79.9. The molecule has 4 fully saturated rings. The molecule has 1 aromatic rings. The zero-order valence-corrected chi connectivity index (χ0v) is 16.7. The minimum absolute atomic E-state index is 0.110. The zero-order valence-electron chi connectivity index (χ0n) is 15.1. The predicted octanol–water partition coefficient (Wildman–Crippen LogP) is 3.90. The maximum Gasteiger partial charge on any atom is 0.251 e. The number of carbonyl (C=O) groups excluding carboxylic acids is 2. The van der Waals surface area contributed by atoms with E-state index in [1.165, 1.54) is 38.5 Å². The predicted molar refractivity (Wildman–Crippen MR) is 105 cm³/mol. The molecule has 4 nitrogen and oxygen atoms in total. The Bertz CT molecular complexity index is 668. The van der Waals surface area contributed by atoms with Crippen LogP contribution in [-0.2, 0) is 4.79 Å². The van der Waals surface area contributed by atoms with Gasteiger partial charge in [0.1, 0.15) is 0 Å². The fourth-order valence-corrected chi connectivity index (χ4v) is 6.42. The second-order valence-electron chi connectivity index (χ2n) is 8.71. The van der Waals surface area contributed by atoms with Crippen LogP contribution in [0.4, 0.5) is 0 Å². The molecule has 4 saturated carbocycles. The van der Waals surface area contributed by atoms with Crippen molar-refractivity contribution in [1.82, 2.24) is 10.6 Å². The van der Waals surface area contributed by atoms with E-state index < -0.39 is 0 Å². The van der Waals surface area contributed by atoms with Crippen molar-refractivity contribution in [3.05, 3.63) is 34.3 Å². The molecule has 4 bridgehead atoms. The van der Waals surface area contributed by atoms with Gasteiger partial charge in [0, 0.05) is 29.5 Å². The largest absolute Gasteiger partial charge is 0.354 e. The Kier molecular flexibility index (Phi) is 5.09. The molecule has 4 aliphatic carbocycles. The Morgan fingerprint density at radius 3 is 2.23 bits per heavy atom. The Hall–Kier alpha value is -1.36. The molecule has 0 aliphatic heterocycles. The number of halogens is 1. The van der Waals surface area contributed by atoms with E-state index in [0.717, 1.165) is 22.2 Å². The topological polar surface area (TPSA) is 58.2 Å². The number of nitrogens with one attached hydrogen (secondary N) is 2. The average molecular weight is 419 g/mol. The molecule has 2 N–H and O–H groups in total. The van der Waals surface area contributed by atoms with Crippen molar-refractivity contribution in [1.29, 1.82) is 0 Å².